The van der Waals surface area contributed by atoms with Gasteiger partial charge in [-0.3, -0.25) is 0 Å². The largest absolute Gasteiger partial charge is 0.411 e. The van der Waals surface area contributed by atoms with Crippen LogP contribution in [0.15, 0.2) is 0 Å². The summed E-state index contributed by atoms with van der Waals surface area (Å²) < 4.78 is 38.8. The van der Waals surface area contributed by atoms with Crippen molar-refractivity contribution in [2.75, 3.05) is 19.8 Å². The highest BCUT2D eigenvalue weighted by atomic mass is 19.4. The molecule has 5 heteroatoms. The van der Waals surface area contributed by atoms with E-state index in [0.717, 1.165) is 0 Å². The summed E-state index contributed by atoms with van der Waals surface area (Å²) in [6.45, 7) is 3.23. The van der Waals surface area contributed by atoms with E-state index in [0.29, 0.717) is 6.54 Å². The minimum atomic E-state index is -4.21. The molecule has 0 radical (unpaired) electrons. The van der Waals surface area contributed by atoms with E-state index in [9.17, 15) is 13.2 Å². The first-order valence-electron chi connectivity index (χ1n) is 3.79. The van der Waals surface area contributed by atoms with Gasteiger partial charge < -0.3 is 10.1 Å². The van der Waals surface area contributed by atoms with Crippen LogP contribution in [-0.4, -0.2) is 32.0 Å². The van der Waals surface area contributed by atoms with Crippen LogP contribution >= 0.6 is 0 Å². The van der Waals surface area contributed by atoms with Crippen molar-refractivity contribution in [2.24, 2.45) is 0 Å². The molecule has 0 aromatic rings. The van der Waals surface area contributed by atoms with E-state index in [1.165, 1.54) is 0 Å². The molecule has 74 valence electrons. The SMILES string of the molecule is CC(C)NCCOCC(F)(F)F. The third-order valence-electron chi connectivity index (χ3n) is 1.06. The van der Waals surface area contributed by atoms with Gasteiger partial charge in [0.25, 0.3) is 0 Å². The number of alkyl halides is 3. The zero-order valence-corrected chi connectivity index (χ0v) is 7.24. The van der Waals surface area contributed by atoms with Gasteiger partial charge in [-0.15, -0.1) is 0 Å². The van der Waals surface area contributed by atoms with Gasteiger partial charge in [-0.2, -0.15) is 13.2 Å². The maximum Gasteiger partial charge on any atom is 0.411 e. The minimum Gasteiger partial charge on any atom is -0.371 e. The summed E-state index contributed by atoms with van der Waals surface area (Å²) in [5, 5.41) is 2.94. The Kier molecular flexibility index (Phi) is 5.24. The molecule has 0 saturated heterocycles. The van der Waals surface area contributed by atoms with Gasteiger partial charge in [-0.05, 0) is 0 Å². The lowest BCUT2D eigenvalue weighted by molar-refractivity contribution is -0.173. The molecule has 0 aliphatic heterocycles. The van der Waals surface area contributed by atoms with Gasteiger partial charge in [0.2, 0.25) is 0 Å². The van der Waals surface area contributed by atoms with Crippen molar-refractivity contribution in [1.82, 2.24) is 5.32 Å². The summed E-state index contributed by atoms with van der Waals surface area (Å²) in [6.07, 6.45) is -4.21. The standard InChI is InChI=1S/C7H14F3NO/c1-6(2)11-3-4-12-5-7(8,9)10/h6,11H,3-5H2,1-2H3. The van der Waals surface area contributed by atoms with Crippen LogP contribution in [0.4, 0.5) is 13.2 Å². The zero-order valence-electron chi connectivity index (χ0n) is 7.24. The maximum atomic E-state index is 11.5. The summed E-state index contributed by atoms with van der Waals surface area (Å²) >= 11 is 0. The first-order valence-corrected chi connectivity index (χ1v) is 3.79. The van der Waals surface area contributed by atoms with Crippen LogP contribution in [-0.2, 0) is 4.74 Å². The Morgan fingerprint density at radius 1 is 1.33 bits per heavy atom. The van der Waals surface area contributed by atoms with Crippen LogP contribution in [0, 0.1) is 0 Å². The van der Waals surface area contributed by atoms with Crippen LogP contribution in [0.2, 0.25) is 0 Å². The first-order chi connectivity index (χ1) is 5.42. The van der Waals surface area contributed by atoms with Gasteiger partial charge >= 0.3 is 6.18 Å². The number of hydrogen-bond donors (Lipinski definition) is 1. The molecule has 0 unspecified atom stereocenters. The highest BCUT2D eigenvalue weighted by Gasteiger charge is 2.27. The quantitative estimate of drug-likeness (QED) is 0.656. The lowest BCUT2D eigenvalue weighted by atomic mass is 10.4. The third-order valence-corrected chi connectivity index (χ3v) is 1.06. The Morgan fingerprint density at radius 3 is 2.33 bits per heavy atom. The molecule has 0 aromatic carbocycles. The Morgan fingerprint density at radius 2 is 1.92 bits per heavy atom. The number of ether oxygens (including phenoxy) is 1. The van der Waals surface area contributed by atoms with Crippen LogP contribution in [0.3, 0.4) is 0 Å². The number of hydrogen-bond acceptors (Lipinski definition) is 2. The summed E-state index contributed by atoms with van der Waals surface area (Å²) in [4.78, 5) is 0. The normalized spacial score (nSPS) is 12.5. The Bertz CT molecular complexity index is 114. The molecule has 0 bridgehead atoms. The molecule has 2 nitrogen and oxygen atoms in total. The highest BCUT2D eigenvalue weighted by molar-refractivity contribution is 4.52. The van der Waals surface area contributed by atoms with E-state index in [4.69, 9.17) is 0 Å². The van der Waals surface area contributed by atoms with Gasteiger partial charge in [0.1, 0.15) is 6.61 Å². The molecule has 0 amide bonds. The second-order valence-corrected chi connectivity index (χ2v) is 2.78. The van der Waals surface area contributed by atoms with Crippen LogP contribution in [0.5, 0.6) is 0 Å². The lowest BCUT2D eigenvalue weighted by Crippen LogP contribution is -2.28. The Labute approximate surface area is 70.1 Å². The van der Waals surface area contributed by atoms with E-state index in [1.54, 1.807) is 0 Å². The molecule has 12 heavy (non-hydrogen) atoms. The number of nitrogens with one attached hydrogen (secondary N) is 1. The lowest BCUT2D eigenvalue weighted by Gasteiger charge is -2.09. The van der Waals surface area contributed by atoms with Crippen molar-refractivity contribution in [3.63, 3.8) is 0 Å². The summed E-state index contributed by atoms with van der Waals surface area (Å²) in [7, 11) is 0. The van der Waals surface area contributed by atoms with E-state index < -0.39 is 12.8 Å². The van der Waals surface area contributed by atoms with Crippen LogP contribution in [0.1, 0.15) is 13.8 Å². The predicted octanol–water partition coefficient (Wildman–Crippen LogP) is 1.56. The van der Waals surface area contributed by atoms with E-state index in [1.807, 2.05) is 13.8 Å². The zero-order chi connectivity index (χ0) is 9.61. The Hall–Kier alpha value is -0.290. The fourth-order valence-corrected chi connectivity index (χ4v) is 0.608. The van der Waals surface area contributed by atoms with Crippen molar-refractivity contribution in [3.8, 4) is 0 Å². The Balaban J connectivity index is 3.12. The molecule has 0 spiro atoms. The first kappa shape index (κ1) is 11.7. The van der Waals surface area contributed by atoms with E-state index in [-0.39, 0.29) is 12.6 Å². The highest BCUT2D eigenvalue weighted by Crippen LogP contribution is 2.13. The third kappa shape index (κ3) is 9.71. The summed E-state index contributed by atoms with van der Waals surface area (Å²) in [5.41, 5.74) is 0. The molecule has 0 heterocycles. The molecule has 0 fully saturated rings. The molecule has 1 N–H and O–H groups in total. The van der Waals surface area contributed by atoms with E-state index >= 15 is 0 Å². The predicted molar refractivity (Wildman–Crippen MR) is 40.0 cm³/mol. The second-order valence-electron chi connectivity index (χ2n) is 2.78. The fourth-order valence-electron chi connectivity index (χ4n) is 0.608. The molecule has 0 aromatic heterocycles. The number of rotatable bonds is 5. The van der Waals surface area contributed by atoms with Crippen molar-refractivity contribution in [2.45, 2.75) is 26.1 Å². The topological polar surface area (TPSA) is 21.3 Å². The van der Waals surface area contributed by atoms with Crippen LogP contribution in [0.25, 0.3) is 0 Å². The van der Waals surface area contributed by atoms with E-state index in [2.05, 4.69) is 10.1 Å². The van der Waals surface area contributed by atoms with Crippen molar-refractivity contribution < 1.29 is 17.9 Å². The van der Waals surface area contributed by atoms with Crippen molar-refractivity contribution >= 4 is 0 Å². The monoisotopic (exact) mass is 185 g/mol. The molecular weight excluding hydrogens is 171 g/mol. The van der Waals surface area contributed by atoms with Gasteiger partial charge in [-0.25, -0.2) is 0 Å². The smallest absolute Gasteiger partial charge is 0.371 e. The van der Waals surface area contributed by atoms with Gasteiger partial charge in [0, 0.05) is 12.6 Å². The summed E-state index contributed by atoms with van der Waals surface area (Å²) in [5.74, 6) is 0. The molecule has 0 aliphatic rings. The number of halogens is 3. The molecular formula is C7H14F3NO. The average Bonchev–Trinajstić information content (AvgIpc) is 1.83. The van der Waals surface area contributed by atoms with Gasteiger partial charge in [0.15, 0.2) is 0 Å². The average molecular weight is 185 g/mol. The maximum absolute atomic E-state index is 11.5. The van der Waals surface area contributed by atoms with Crippen molar-refractivity contribution in [1.29, 1.82) is 0 Å². The van der Waals surface area contributed by atoms with Crippen LogP contribution < -0.4 is 5.32 Å². The fraction of sp³-hybridized carbons (Fsp3) is 1.00. The molecule has 0 rings (SSSR count). The van der Waals surface area contributed by atoms with Gasteiger partial charge in [0.05, 0.1) is 6.61 Å². The van der Waals surface area contributed by atoms with Crippen molar-refractivity contribution in [3.05, 3.63) is 0 Å². The van der Waals surface area contributed by atoms with Gasteiger partial charge in [-0.1, -0.05) is 13.8 Å². The molecule has 0 saturated carbocycles. The second kappa shape index (κ2) is 5.37. The minimum absolute atomic E-state index is 0.0949. The molecule has 0 atom stereocenters. The summed E-state index contributed by atoms with van der Waals surface area (Å²) in [6, 6.07) is 0.277. The molecule has 0 aliphatic carbocycles.